The summed E-state index contributed by atoms with van der Waals surface area (Å²) >= 11 is 0. The van der Waals surface area contributed by atoms with Gasteiger partial charge in [-0.3, -0.25) is 0 Å². The molecule has 2 rings (SSSR count). The van der Waals surface area contributed by atoms with Crippen molar-refractivity contribution in [1.82, 2.24) is 9.88 Å². The molecule has 7 nitrogen and oxygen atoms in total. The van der Waals surface area contributed by atoms with E-state index in [-0.39, 0.29) is 23.7 Å². The number of aromatic nitrogens is 1. The predicted molar refractivity (Wildman–Crippen MR) is 87.7 cm³/mol. The van der Waals surface area contributed by atoms with Crippen molar-refractivity contribution >= 4 is 17.9 Å². The van der Waals surface area contributed by atoms with Crippen molar-refractivity contribution in [2.24, 2.45) is 0 Å². The molecule has 10 heteroatoms. The Morgan fingerprint density at radius 1 is 1.42 bits per heavy atom. The lowest BCUT2D eigenvalue weighted by Crippen LogP contribution is -2.39. The topological polar surface area (TPSA) is 87.5 Å². The van der Waals surface area contributed by atoms with Gasteiger partial charge >= 0.3 is 12.1 Å². The van der Waals surface area contributed by atoms with Crippen LogP contribution in [0.1, 0.15) is 12.6 Å². The van der Waals surface area contributed by atoms with E-state index >= 15 is 0 Å². The average Bonchev–Trinajstić information content (AvgIpc) is 2.62. The lowest BCUT2D eigenvalue weighted by atomic mass is 10.2. The van der Waals surface area contributed by atoms with E-state index in [0.717, 1.165) is 18.5 Å². The van der Waals surface area contributed by atoms with Crippen LogP contribution in [-0.2, 0) is 20.4 Å². The van der Waals surface area contributed by atoms with Gasteiger partial charge in [0.25, 0.3) is 0 Å². The number of anilines is 1. The summed E-state index contributed by atoms with van der Waals surface area (Å²) in [5.41, 5.74) is -0.797. The van der Waals surface area contributed by atoms with Gasteiger partial charge in [-0.05, 0) is 19.1 Å². The Labute approximate surface area is 148 Å². The summed E-state index contributed by atoms with van der Waals surface area (Å²) in [6.45, 7) is 3.52. The molecule has 0 spiro atoms. The van der Waals surface area contributed by atoms with Crippen LogP contribution in [0.5, 0.6) is 0 Å². The smallest absolute Gasteiger partial charge is 0.433 e. The van der Waals surface area contributed by atoms with Gasteiger partial charge in [0.05, 0.1) is 31.7 Å². The highest BCUT2D eigenvalue weighted by Crippen LogP contribution is 2.28. The first-order valence-corrected chi connectivity index (χ1v) is 7.91. The summed E-state index contributed by atoms with van der Waals surface area (Å²) in [6.07, 6.45) is -2.66. The van der Waals surface area contributed by atoms with E-state index in [1.807, 2.05) is 0 Å². The minimum absolute atomic E-state index is 0.0337. The molecule has 0 aromatic carbocycles. The standard InChI is InChI=1S/C16H19F3N4O3/c1-2-26-15(24)12(9-20)14(23-5-7-25-8-6-23)22-11-3-4-13(21-10-11)16(17,18)19/h3-4,9-10,20,22H,2,5-8H2,1H3/b14-12-,20-9?. The van der Waals surface area contributed by atoms with Gasteiger partial charge in [0.15, 0.2) is 0 Å². The molecule has 0 amide bonds. The first-order valence-electron chi connectivity index (χ1n) is 7.91. The molecule has 1 aromatic rings. The van der Waals surface area contributed by atoms with Crippen molar-refractivity contribution in [3.63, 3.8) is 0 Å². The average molecular weight is 372 g/mol. The summed E-state index contributed by atoms with van der Waals surface area (Å²) in [4.78, 5) is 17.3. The number of morpholine rings is 1. The second-order valence-corrected chi connectivity index (χ2v) is 5.28. The van der Waals surface area contributed by atoms with Crippen LogP contribution in [-0.4, -0.2) is 55.0 Å². The van der Waals surface area contributed by atoms with Crippen molar-refractivity contribution < 1.29 is 27.4 Å². The van der Waals surface area contributed by atoms with Crippen LogP contribution in [0.2, 0.25) is 0 Å². The lowest BCUT2D eigenvalue weighted by Gasteiger charge is -2.32. The number of halogens is 3. The lowest BCUT2D eigenvalue weighted by molar-refractivity contribution is -0.141. The largest absolute Gasteiger partial charge is 0.462 e. The molecule has 0 bridgehead atoms. The first-order chi connectivity index (χ1) is 12.4. The maximum Gasteiger partial charge on any atom is 0.433 e. The molecule has 0 radical (unpaired) electrons. The van der Waals surface area contributed by atoms with Crippen LogP contribution in [0.3, 0.4) is 0 Å². The maximum atomic E-state index is 12.6. The molecule has 0 saturated carbocycles. The predicted octanol–water partition coefficient (Wildman–Crippen LogP) is 2.27. The Kier molecular flexibility index (Phi) is 6.56. The Hall–Kier alpha value is -2.62. The number of nitrogens with one attached hydrogen (secondary N) is 2. The zero-order valence-corrected chi connectivity index (χ0v) is 14.1. The van der Waals surface area contributed by atoms with Gasteiger partial charge in [-0.1, -0.05) is 0 Å². The third kappa shape index (κ3) is 4.94. The van der Waals surface area contributed by atoms with Crippen LogP contribution in [0.4, 0.5) is 18.9 Å². The van der Waals surface area contributed by atoms with Crippen LogP contribution in [0.25, 0.3) is 0 Å². The highest BCUT2D eigenvalue weighted by Gasteiger charge is 2.32. The number of nitrogens with zero attached hydrogens (tertiary/aromatic N) is 2. The number of ether oxygens (including phenoxy) is 2. The molecule has 0 unspecified atom stereocenters. The normalized spacial score (nSPS) is 15.9. The van der Waals surface area contributed by atoms with Crippen LogP contribution < -0.4 is 5.32 Å². The number of rotatable bonds is 6. The molecule has 142 valence electrons. The van der Waals surface area contributed by atoms with Crippen LogP contribution >= 0.6 is 0 Å². The number of hydrogen-bond acceptors (Lipinski definition) is 7. The highest BCUT2D eigenvalue weighted by molar-refractivity contribution is 6.09. The van der Waals surface area contributed by atoms with Crippen molar-refractivity contribution in [2.75, 3.05) is 38.2 Å². The second-order valence-electron chi connectivity index (χ2n) is 5.28. The number of esters is 1. The molecule has 0 atom stereocenters. The molecule has 26 heavy (non-hydrogen) atoms. The Balaban J connectivity index is 2.34. The van der Waals surface area contributed by atoms with Crippen molar-refractivity contribution in [1.29, 1.82) is 5.41 Å². The van der Waals surface area contributed by atoms with Gasteiger partial charge in [-0.25, -0.2) is 9.78 Å². The third-order valence-corrected chi connectivity index (χ3v) is 3.54. The fraction of sp³-hybridized carbons (Fsp3) is 0.438. The van der Waals surface area contributed by atoms with Crippen LogP contribution in [0, 0.1) is 5.41 Å². The summed E-state index contributed by atoms with van der Waals surface area (Å²) < 4.78 is 48.2. The molecule has 1 aromatic heterocycles. The number of carbonyl (C=O) groups excluding carboxylic acids is 1. The molecule has 2 N–H and O–H groups in total. The quantitative estimate of drug-likeness (QED) is 0.453. The maximum absolute atomic E-state index is 12.6. The summed E-state index contributed by atoms with van der Waals surface area (Å²) in [5.74, 6) is -0.431. The molecular formula is C16H19F3N4O3. The minimum Gasteiger partial charge on any atom is -0.462 e. The summed E-state index contributed by atoms with van der Waals surface area (Å²) in [6, 6.07) is 2.05. The fourth-order valence-electron chi connectivity index (χ4n) is 2.31. The number of carbonyl (C=O) groups is 1. The summed E-state index contributed by atoms with van der Waals surface area (Å²) in [5, 5.41) is 10.4. The molecule has 1 saturated heterocycles. The van der Waals surface area contributed by atoms with Gasteiger partial charge in [-0.2, -0.15) is 13.2 Å². The molecule has 1 aliphatic heterocycles. The molecular weight excluding hydrogens is 353 g/mol. The van der Waals surface area contributed by atoms with Gasteiger partial charge in [-0.15, -0.1) is 0 Å². The Morgan fingerprint density at radius 3 is 2.62 bits per heavy atom. The Morgan fingerprint density at radius 2 is 2.12 bits per heavy atom. The Bertz CT molecular complexity index is 668. The zero-order chi connectivity index (χ0) is 19.2. The van der Waals surface area contributed by atoms with Crippen molar-refractivity contribution in [3.8, 4) is 0 Å². The van der Waals surface area contributed by atoms with E-state index in [9.17, 15) is 18.0 Å². The van der Waals surface area contributed by atoms with Crippen molar-refractivity contribution in [2.45, 2.75) is 13.1 Å². The van der Waals surface area contributed by atoms with Crippen molar-refractivity contribution in [3.05, 3.63) is 35.4 Å². The van der Waals surface area contributed by atoms with Gasteiger partial charge in [0.2, 0.25) is 0 Å². The van der Waals surface area contributed by atoms with Gasteiger partial charge < -0.3 is 25.1 Å². The van der Waals surface area contributed by atoms with E-state index in [0.29, 0.717) is 26.3 Å². The number of hydrogen-bond donors (Lipinski definition) is 2. The van der Waals surface area contributed by atoms with Crippen LogP contribution in [0.15, 0.2) is 29.7 Å². The zero-order valence-electron chi connectivity index (χ0n) is 14.1. The third-order valence-electron chi connectivity index (χ3n) is 3.54. The molecule has 0 aliphatic carbocycles. The SMILES string of the molecule is CCOC(=O)/C(C=N)=C(/Nc1ccc(C(F)(F)F)nc1)N1CCOCC1. The van der Waals surface area contributed by atoms with E-state index in [4.69, 9.17) is 14.9 Å². The summed E-state index contributed by atoms with van der Waals surface area (Å²) in [7, 11) is 0. The second kappa shape index (κ2) is 8.65. The number of pyridine rings is 1. The highest BCUT2D eigenvalue weighted by atomic mass is 19.4. The number of alkyl halides is 3. The fourth-order valence-corrected chi connectivity index (χ4v) is 2.31. The van der Waals surface area contributed by atoms with Gasteiger partial charge in [0, 0.05) is 19.3 Å². The van der Waals surface area contributed by atoms with E-state index < -0.39 is 17.8 Å². The first kappa shape index (κ1) is 19.7. The molecule has 1 aliphatic rings. The monoisotopic (exact) mass is 372 g/mol. The van der Waals surface area contributed by atoms with Gasteiger partial charge in [0.1, 0.15) is 17.1 Å². The van der Waals surface area contributed by atoms with E-state index in [1.165, 1.54) is 6.07 Å². The minimum atomic E-state index is -4.54. The molecule has 1 fully saturated rings. The van der Waals surface area contributed by atoms with E-state index in [2.05, 4.69) is 10.3 Å². The molecule has 2 heterocycles. The van der Waals surface area contributed by atoms with E-state index in [1.54, 1.807) is 11.8 Å².